The maximum atomic E-state index is 10.9. The van der Waals surface area contributed by atoms with E-state index in [0.717, 1.165) is 16.3 Å². The number of rotatable bonds is 3. The van der Waals surface area contributed by atoms with Gasteiger partial charge >= 0.3 is 5.97 Å². The largest absolute Gasteiger partial charge is 0.477 e. The molecule has 0 fully saturated rings. The highest BCUT2D eigenvalue weighted by atomic mass is 32.1. The Bertz CT molecular complexity index is 716. The van der Waals surface area contributed by atoms with E-state index in [0.29, 0.717) is 4.88 Å². The van der Waals surface area contributed by atoms with E-state index in [-0.39, 0.29) is 0 Å². The van der Waals surface area contributed by atoms with Crippen LogP contribution in [0.25, 0.3) is 16.3 Å². The summed E-state index contributed by atoms with van der Waals surface area (Å²) in [5.41, 5.74) is 1.84. The first-order valence-corrected chi connectivity index (χ1v) is 6.50. The van der Waals surface area contributed by atoms with E-state index in [1.807, 2.05) is 42.5 Å². The highest BCUT2D eigenvalue weighted by molar-refractivity contribution is 7.17. The fourth-order valence-electron chi connectivity index (χ4n) is 1.86. The Morgan fingerprint density at radius 1 is 1.11 bits per heavy atom. The molecule has 0 spiro atoms. The smallest absolute Gasteiger partial charge is 0.345 e. The number of thiophene rings is 1. The van der Waals surface area contributed by atoms with Gasteiger partial charge in [0.25, 0.3) is 0 Å². The second-order valence-electron chi connectivity index (χ2n) is 3.93. The van der Waals surface area contributed by atoms with Crippen LogP contribution in [0, 0.1) is 0 Å². The Hall–Kier alpha value is -2.40. The van der Waals surface area contributed by atoms with Gasteiger partial charge in [-0.1, -0.05) is 18.2 Å². The maximum absolute atomic E-state index is 10.9. The van der Waals surface area contributed by atoms with Crippen LogP contribution in [0.5, 0.6) is 0 Å². The number of nitrogens with zero attached hydrogens (tertiary/aromatic N) is 2. The summed E-state index contributed by atoms with van der Waals surface area (Å²) in [5.74, 6) is -0.901. The molecule has 0 unspecified atom stereocenters. The predicted octanol–water partition coefficient (Wildman–Crippen LogP) is 3.30. The van der Waals surface area contributed by atoms with Crippen molar-refractivity contribution in [3.8, 4) is 16.3 Å². The minimum atomic E-state index is -0.901. The molecule has 0 amide bonds. The fraction of sp³-hybridized carbons (Fsp3) is 0. The monoisotopic (exact) mass is 270 g/mol. The van der Waals surface area contributed by atoms with Gasteiger partial charge in [-0.15, -0.1) is 11.3 Å². The van der Waals surface area contributed by atoms with Crippen molar-refractivity contribution in [3.63, 3.8) is 0 Å². The number of aromatic carboxylic acids is 1. The van der Waals surface area contributed by atoms with Gasteiger partial charge in [-0.3, -0.25) is 0 Å². The van der Waals surface area contributed by atoms with E-state index in [1.54, 1.807) is 16.9 Å². The van der Waals surface area contributed by atoms with Gasteiger partial charge in [0.2, 0.25) is 0 Å². The van der Waals surface area contributed by atoms with Crippen LogP contribution in [0.1, 0.15) is 9.67 Å². The van der Waals surface area contributed by atoms with Crippen molar-refractivity contribution in [3.05, 3.63) is 59.6 Å². The lowest BCUT2D eigenvalue weighted by atomic mass is 10.3. The van der Waals surface area contributed by atoms with Crippen molar-refractivity contribution < 1.29 is 9.90 Å². The van der Waals surface area contributed by atoms with Crippen molar-refractivity contribution in [2.24, 2.45) is 0 Å². The number of hydrogen-bond acceptors (Lipinski definition) is 3. The van der Waals surface area contributed by atoms with Crippen molar-refractivity contribution in [1.82, 2.24) is 9.78 Å². The molecule has 0 aliphatic carbocycles. The molecule has 5 heteroatoms. The second-order valence-corrected chi connectivity index (χ2v) is 5.02. The third-order valence-electron chi connectivity index (χ3n) is 2.71. The van der Waals surface area contributed by atoms with Gasteiger partial charge in [-0.05, 0) is 30.3 Å². The number of hydrogen-bond donors (Lipinski definition) is 1. The Kier molecular flexibility index (Phi) is 2.89. The van der Waals surface area contributed by atoms with Gasteiger partial charge < -0.3 is 5.11 Å². The normalized spacial score (nSPS) is 10.5. The fourth-order valence-corrected chi connectivity index (χ4v) is 2.71. The summed E-state index contributed by atoms with van der Waals surface area (Å²) in [6.07, 6.45) is 1.71. The average molecular weight is 270 g/mol. The zero-order valence-electron chi connectivity index (χ0n) is 9.85. The highest BCUT2D eigenvalue weighted by Crippen LogP contribution is 2.29. The van der Waals surface area contributed by atoms with Crippen LogP contribution in [0.2, 0.25) is 0 Å². The van der Waals surface area contributed by atoms with Gasteiger partial charge in [0, 0.05) is 0 Å². The third-order valence-corrected chi connectivity index (χ3v) is 3.81. The lowest BCUT2D eigenvalue weighted by Gasteiger charge is -2.05. The Morgan fingerprint density at radius 2 is 1.89 bits per heavy atom. The molecule has 3 aromatic rings. The van der Waals surface area contributed by atoms with E-state index >= 15 is 0 Å². The average Bonchev–Trinajstić information content (AvgIpc) is 3.08. The summed E-state index contributed by atoms with van der Waals surface area (Å²) in [6.45, 7) is 0. The van der Waals surface area contributed by atoms with E-state index < -0.39 is 5.97 Å². The molecule has 0 saturated carbocycles. The molecule has 94 valence electrons. The van der Waals surface area contributed by atoms with Gasteiger partial charge in [-0.2, -0.15) is 5.10 Å². The number of carbonyl (C=O) groups is 1. The number of aromatic nitrogens is 2. The first-order valence-electron chi connectivity index (χ1n) is 5.68. The van der Waals surface area contributed by atoms with Crippen LogP contribution >= 0.6 is 11.3 Å². The predicted molar refractivity (Wildman–Crippen MR) is 73.8 cm³/mol. The second kappa shape index (κ2) is 4.70. The van der Waals surface area contributed by atoms with Gasteiger partial charge in [0.1, 0.15) is 4.88 Å². The standard InChI is InChI=1S/C14H10N2O2S/c17-14(18)13-7-6-12(19-13)11-8-9-15-16(11)10-4-2-1-3-5-10/h1-9H,(H,17,18). The lowest BCUT2D eigenvalue weighted by Crippen LogP contribution is -1.97. The van der Waals surface area contributed by atoms with Crippen LogP contribution < -0.4 is 0 Å². The molecule has 0 aliphatic heterocycles. The Labute approximate surface area is 113 Å². The number of carboxylic acids is 1. The van der Waals surface area contributed by atoms with Crippen LogP contribution in [0.3, 0.4) is 0 Å². The Morgan fingerprint density at radius 3 is 2.58 bits per heavy atom. The molecule has 1 N–H and O–H groups in total. The highest BCUT2D eigenvalue weighted by Gasteiger charge is 2.12. The van der Waals surface area contributed by atoms with Crippen molar-refractivity contribution in [2.45, 2.75) is 0 Å². The minimum Gasteiger partial charge on any atom is -0.477 e. The number of para-hydroxylation sites is 1. The van der Waals surface area contributed by atoms with Crippen molar-refractivity contribution in [1.29, 1.82) is 0 Å². The summed E-state index contributed by atoms with van der Waals surface area (Å²) >= 11 is 1.25. The molecule has 2 heterocycles. The van der Waals surface area contributed by atoms with Crippen molar-refractivity contribution >= 4 is 17.3 Å². The third kappa shape index (κ3) is 2.15. The summed E-state index contributed by atoms with van der Waals surface area (Å²) in [7, 11) is 0. The van der Waals surface area contributed by atoms with E-state index in [2.05, 4.69) is 5.10 Å². The minimum absolute atomic E-state index is 0.329. The van der Waals surface area contributed by atoms with Gasteiger partial charge in [0.05, 0.1) is 22.5 Å². The summed E-state index contributed by atoms with van der Waals surface area (Å²) in [6, 6.07) is 15.1. The molecule has 1 aromatic carbocycles. The molecule has 19 heavy (non-hydrogen) atoms. The molecular weight excluding hydrogens is 260 g/mol. The molecule has 0 bridgehead atoms. The lowest BCUT2D eigenvalue weighted by molar-refractivity contribution is 0.0702. The summed E-state index contributed by atoms with van der Waals surface area (Å²) < 4.78 is 1.80. The van der Waals surface area contributed by atoms with Gasteiger partial charge in [-0.25, -0.2) is 9.48 Å². The first kappa shape index (κ1) is 11.7. The van der Waals surface area contributed by atoms with E-state index in [1.165, 1.54) is 11.3 Å². The van der Waals surface area contributed by atoms with Crippen LogP contribution in [0.4, 0.5) is 0 Å². The number of carboxylic acid groups (broad SMARTS) is 1. The van der Waals surface area contributed by atoms with Crippen molar-refractivity contribution in [2.75, 3.05) is 0 Å². The van der Waals surface area contributed by atoms with E-state index in [9.17, 15) is 4.79 Å². The van der Waals surface area contributed by atoms with Crippen LogP contribution in [-0.4, -0.2) is 20.9 Å². The topological polar surface area (TPSA) is 55.1 Å². The quantitative estimate of drug-likeness (QED) is 0.794. The molecule has 0 radical (unpaired) electrons. The summed E-state index contributed by atoms with van der Waals surface area (Å²) in [5, 5.41) is 13.3. The van der Waals surface area contributed by atoms with Gasteiger partial charge in [0.15, 0.2) is 0 Å². The molecule has 0 aliphatic rings. The SMILES string of the molecule is O=C(O)c1ccc(-c2ccnn2-c2ccccc2)s1. The Balaban J connectivity index is 2.07. The number of benzene rings is 1. The zero-order valence-corrected chi connectivity index (χ0v) is 10.7. The van der Waals surface area contributed by atoms with Crippen LogP contribution in [-0.2, 0) is 0 Å². The molecular formula is C14H10N2O2S. The molecule has 0 atom stereocenters. The van der Waals surface area contributed by atoms with E-state index in [4.69, 9.17) is 5.11 Å². The molecule has 0 saturated heterocycles. The molecule has 4 nitrogen and oxygen atoms in total. The molecule has 3 rings (SSSR count). The zero-order chi connectivity index (χ0) is 13.2. The molecule has 2 aromatic heterocycles. The van der Waals surface area contributed by atoms with Crippen LogP contribution in [0.15, 0.2) is 54.7 Å². The maximum Gasteiger partial charge on any atom is 0.345 e. The first-order chi connectivity index (χ1) is 9.25. The summed E-state index contributed by atoms with van der Waals surface area (Å²) in [4.78, 5) is 12.1.